The molecule has 1 saturated heterocycles. The predicted molar refractivity (Wildman–Crippen MR) is 51.9 cm³/mol. The van der Waals surface area contributed by atoms with Gasteiger partial charge in [0.15, 0.2) is 5.82 Å². The van der Waals surface area contributed by atoms with Crippen LogP contribution < -0.4 is 11.1 Å². The van der Waals surface area contributed by atoms with Gasteiger partial charge in [-0.05, 0) is 25.9 Å². The summed E-state index contributed by atoms with van der Waals surface area (Å²) in [6, 6.07) is 0. The van der Waals surface area contributed by atoms with Crippen LogP contribution in [0.2, 0.25) is 0 Å². The van der Waals surface area contributed by atoms with Gasteiger partial charge in [-0.25, -0.2) is 0 Å². The molecule has 1 aliphatic rings. The Labute approximate surface area is 83.1 Å². The molecular formula is C9H16N4O. The van der Waals surface area contributed by atoms with Crippen molar-refractivity contribution in [2.45, 2.75) is 25.2 Å². The zero-order chi connectivity index (χ0) is 9.80. The zero-order valence-electron chi connectivity index (χ0n) is 8.20. The molecule has 78 valence electrons. The van der Waals surface area contributed by atoms with Crippen LogP contribution in [0, 0.1) is 0 Å². The van der Waals surface area contributed by atoms with Crippen LogP contribution in [0.15, 0.2) is 4.52 Å². The van der Waals surface area contributed by atoms with Crippen molar-refractivity contribution in [2.24, 2.45) is 5.73 Å². The summed E-state index contributed by atoms with van der Waals surface area (Å²) < 4.78 is 5.20. The normalized spacial score (nSPS) is 21.6. The molecule has 0 aromatic carbocycles. The summed E-state index contributed by atoms with van der Waals surface area (Å²) in [7, 11) is 0. The average Bonchev–Trinajstić information content (AvgIpc) is 2.85. The molecule has 0 saturated carbocycles. The van der Waals surface area contributed by atoms with E-state index in [4.69, 9.17) is 10.3 Å². The highest BCUT2D eigenvalue weighted by atomic mass is 16.5. The molecule has 1 aromatic rings. The molecule has 5 nitrogen and oxygen atoms in total. The molecule has 1 fully saturated rings. The summed E-state index contributed by atoms with van der Waals surface area (Å²) in [5, 5.41) is 7.20. The van der Waals surface area contributed by atoms with E-state index >= 15 is 0 Å². The second kappa shape index (κ2) is 4.52. The molecule has 1 aliphatic heterocycles. The maximum absolute atomic E-state index is 5.41. The van der Waals surface area contributed by atoms with Crippen LogP contribution in [-0.2, 0) is 6.42 Å². The number of hydrogen-bond donors (Lipinski definition) is 2. The first kappa shape index (κ1) is 9.61. The Bertz CT molecular complexity index is 280. The van der Waals surface area contributed by atoms with Crippen LogP contribution in [0.4, 0.5) is 0 Å². The zero-order valence-corrected chi connectivity index (χ0v) is 8.20. The molecule has 0 radical (unpaired) electrons. The Balaban J connectivity index is 1.94. The van der Waals surface area contributed by atoms with Crippen molar-refractivity contribution in [3.05, 3.63) is 11.7 Å². The number of nitrogens with zero attached hydrogens (tertiary/aromatic N) is 2. The molecule has 0 aliphatic carbocycles. The monoisotopic (exact) mass is 196 g/mol. The third-order valence-electron chi connectivity index (χ3n) is 2.50. The molecule has 0 spiro atoms. The van der Waals surface area contributed by atoms with Gasteiger partial charge in [0.05, 0.1) is 5.92 Å². The Morgan fingerprint density at radius 3 is 3.21 bits per heavy atom. The maximum atomic E-state index is 5.41. The summed E-state index contributed by atoms with van der Waals surface area (Å²) in [6.07, 6.45) is 2.83. The van der Waals surface area contributed by atoms with Crippen LogP contribution >= 0.6 is 0 Å². The third kappa shape index (κ3) is 2.10. The molecule has 1 atom stereocenters. The lowest BCUT2D eigenvalue weighted by molar-refractivity contribution is 0.354. The van der Waals surface area contributed by atoms with Crippen molar-refractivity contribution in [2.75, 3.05) is 19.6 Å². The van der Waals surface area contributed by atoms with E-state index in [-0.39, 0.29) is 0 Å². The van der Waals surface area contributed by atoms with Crippen molar-refractivity contribution < 1.29 is 4.52 Å². The standard InChI is InChI=1S/C9H16N4O/c10-4-1-2-8-12-9(14-13-8)7-3-5-11-6-7/h7,11H,1-6,10H2. The van der Waals surface area contributed by atoms with Gasteiger partial charge in [0.25, 0.3) is 0 Å². The smallest absolute Gasteiger partial charge is 0.231 e. The van der Waals surface area contributed by atoms with E-state index in [1.165, 1.54) is 0 Å². The minimum absolute atomic E-state index is 0.411. The molecular weight excluding hydrogens is 180 g/mol. The Morgan fingerprint density at radius 2 is 2.50 bits per heavy atom. The minimum Gasteiger partial charge on any atom is -0.339 e. The fraction of sp³-hybridized carbons (Fsp3) is 0.778. The van der Waals surface area contributed by atoms with Crippen molar-refractivity contribution in [1.82, 2.24) is 15.5 Å². The van der Waals surface area contributed by atoms with Crippen LogP contribution in [-0.4, -0.2) is 29.8 Å². The number of hydrogen-bond acceptors (Lipinski definition) is 5. The summed E-state index contributed by atoms with van der Waals surface area (Å²) >= 11 is 0. The first-order valence-corrected chi connectivity index (χ1v) is 5.13. The molecule has 0 amide bonds. The summed E-state index contributed by atoms with van der Waals surface area (Å²) in [5.74, 6) is 1.98. The molecule has 14 heavy (non-hydrogen) atoms. The van der Waals surface area contributed by atoms with Crippen molar-refractivity contribution in [1.29, 1.82) is 0 Å². The SMILES string of the molecule is NCCCc1noc(C2CCNC2)n1. The van der Waals surface area contributed by atoms with Crippen LogP contribution in [0.25, 0.3) is 0 Å². The molecule has 5 heteroatoms. The topological polar surface area (TPSA) is 77.0 Å². The highest BCUT2D eigenvalue weighted by Crippen LogP contribution is 2.20. The first-order valence-electron chi connectivity index (χ1n) is 5.13. The summed E-state index contributed by atoms with van der Waals surface area (Å²) in [5.41, 5.74) is 5.41. The van der Waals surface area contributed by atoms with Gasteiger partial charge in [0.1, 0.15) is 0 Å². The Kier molecular flexibility index (Phi) is 3.10. The fourth-order valence-electron chi connectivity index (χ4n) is 1.66. The van der Waals surface area contributed by atoms with Gasteiger partial charge in [0.2, 0.25) is 5.89 Å². The third-order valence-corrected chi connectivity index (χ3v) is 2.50. The van der Waals surface area contributed by atoms with Crippen molar-refractivity contribution in [3.63, 3.8) is 0 Å². The number of aryl methyl sites for hydroxylation is 1. The Morgan fingerprint density at radius 1 is 1.57 bits per heavy atom. The van der Waals surface area contributed by atoms with Crippen molar-refractivity contribution >= 4 is 0 Å². The minimum atomic E-state index is 0.411. The van der Waals surface area contributed by atoms with Crippen LogP contribution in [0.3, 0.4) is 0 Å². The van der Waals surface area contributed by atoms with Gasteiger partial charge in [-0.3, -0.25) is 0 Å². The number of nitrogens with one attached hydrogen (secondary N) is 1. The largest absolute Gasteiger partial charge is 0.339 e. The molecule has 1 aromatic heterocycles. The summed E-state index contributed by atoms with van der Waals surface area (Å²) in [6.45, 7) is 2.68. The number of aromatic nitrogens is 2. The van der Waals surface area contributed by atoms with Gasteiger partial charge < -0.3 is 15.6 Å². The van der Waals surface area contributed by atoms with E-state index in [1.54, 1.807) is 0 Å². The number of nitrogens with two attached hydrogens (primary N) is 1. The summed E-state index contributed by atoms with van der Waals surface area (Å²) in [4.78, 5) is 4.36. The van der Waals surface area contributed by atoms with Crippen LogP contribution in [0.5, 0.6) is 0 Å². The quantitative estimate of drug-likeness (QED) is 0.711. The van der Waals surface area contributed by atoms with E-state index in [0.717, 1.165) is 44.1 Å². The number of rotatable bonds is 4. The predicted octanol–water partition coefficient (Wildman–Crippen LogP) is 0.0378. The van der Waals surface area contributed by atoms with Gasteiger partial charge in [0, 0.05) is 13.0 Å². The average molecular weight is 196 g/mol. The second-order valence-corrected chi connectivity index (χ2v) is 3.63. The van der Waals surface area contributed by atoms with E-state index < -0.39 is 0 Å². The van der Waals surface area contributed by atoms with Gasteiger partial charge in [-0.1, -0.05) is 5.16 Å². The van der Waals surface area contributed by atoms with E-state index in [1.807, 2.05) is 0 Å². The molecule has 2 heterocycles. The lowest BCUT2D eigenvalue weighted by Gasteiger charge is -1.98. The molecule has 3 N–H and O–H groups in total. The lowest BCUT2D eigenvalue weighted by atomic mass is 10.1. The van der Waals surface area contributed by atoms with Gasteiger partial charge >= 0.3 is 0 Å². The highest BCUT2D eigenvalue weighted by molar-refractivity contribution is 4.98. The maximum Gasteiger partial charge on any atom is 0.231 e. The fourth-order valence-corrected chi connectivity index (χ4v) is 1.66. The molecule has 2 rings (SSSR count). The Hall–Kier alpha value is -0.940. The van der Waals surface area contributed by atoms with Crippen LogP contribution in [0.1, 0.15) is 30.5 Å². The van der Waals surface area contributed by atoms with Crippen molar-refractivity contribution in [3.8, 4) is 0 Å². The van der Waals surface area contributed by atoms with Gasteiger partial charge in [-0.2, -0.15) is 4.98 Å². The lowest BCUT2D eigenvalue weighted by Crippen LogP contribution is -2.08. The van der Waals surface area contributed by atoms with Gasteiger partial charge in [-0.15, -0.1) is 0 Å². The highest BCUT2D eigenvalue weighted by Gasteiger charge is 2.22. The molecule has 1 unspecified atom stereocenters. The van der Waals surface area contributed by atoms with E-state index in [0.29, 0.717) is 12.5 Å². The first-order chi connectivity index (χ1) is 6.90. The van der Waals surface area contributed by atoms with E-state index in [2.05, 4.69) is 15.5 Å². The second-order valence-electron chi connectivity index (χ2n) is 3.63. The molecule has 0 bridgehead atoms. The van der Waals surface area contributed by atoms with E-state index in [9.17, 15) is 0 Å².